The fourth-order valence-corrected chi connectivity index (χ4v) is 8.46. The highest BCUT2D eigenvalue weighted by atomic mass is 32.1. The van der Waals surface area contributed by atoms with Crippen molar-refractivity contribution in [3.63, 3.8) is 0 Å². The summed E-state index contributed by atoms with van der Waals surface area (Å²) in [4.78, 5) is 38.1. The van der Waals surface area contributed by atoms with Crippen molar-refractivity contribution in [3.8, 4) is 11.1 Å². The van der Waals surface area contributed by atoms with E-state index in [2.05, 4.69) is 51.4 Å². The summed E-state index contributed by atoms with van der Waals surface area (Å²) < 4.78 is 1.59. The van der Waals surface area contributed by atoms with Gasteiger partial charge >= 0.3 is 0 Å². The molecule has 44 heavy (non-hydrogen) atoms. The van der Waals surface area contributed by atoms with E-state index < -0.39 is 0 Å². The molecule has 9 heteroatoms. The number of fused-ring (bicyclic) bond motifs is 5. The van der Waals surface area contributed by atoms with Crippen molar-refractivity contribution in [2.75, 3.05) is 41.7 Å². The summed E-state index contributed by atoms with van der Waals surface area (Å²) in [5.41, 5.74) is 6.38. The fourth-order valence-electron chi connectivity index (χ4n) is 7.17. The first-order chi connectivity index (χ1) is 21.2. The molecule has 2 fully saturated rings. The number of nitrogens with one attached hydrogen (secondary N) is 2. The predicted molar refractivity (Wildman–Crippen MR) is 180 cm³/mol. The van der Waals surface area contributed by atoms with E-state index in [1.54, 1.807) is 23.0 Å². The monoisotopic (exact) mass is 608 g/mol. The smallest absolute Gasteiger partial charge is 0.274 e. The molecule has 2 bridgehead atoms. The lowest BCUT2D eigenvalue weighted by Crippen LogP contribution is -2.48. The molecule has 3 aromatic heterocycles. The van der Waals surface area contributed by atoms with Gasteiger partial charge in [-0.1, -0.05) is 12.1 Å². The zero-order valence-electron chi connectivity index (χ0n) is 25.9. The van der Waals surface area contributed by atoms with Crippen LogP contribution in [0.1, 0.15) is 70.6 Å². The van der Waals surface area contributed by atoms with Crippen LogP contribution in [0.25, 0.3) is 11.1 Å². The van der Waals surface area contributed by atoms with E-state index in [-0.39, 0.29) is 11.5 Å². The molecule has 228 valence electrons. The molecule has 1 aromatic carbocycles. The molecular formula is C35H40N6O2S. The third-order valence-corrected chi connectivity index (χ3v) is 11.1. The van der Waals surface area contributed by atoms with E-state index in [0.29, 0.717) is 29.4 Å². The van der Waals surface area contributed by atoms with Crippen molar-refractivity contribution in [2.24, 2.45) is 7.05 Å². The molecule has 1 saturated heterocycles. The van der Waals surface area contributed by atoms with Gasteiger partial charge in [-0.3, -0.25) is 14.5 Å². The van der Waals surface area contributed by atoms with Crippen LogP contribution < -0.4 is 21.1 Å². The lowest BCUT2D eigenvalue weighted by atomic mass is 9.98. The van der Waals surface area contributed by atoms with Crippen molar-refractivity contribution in [2.45, 2.75) is 57.9 Å². The third kappa shape index (κ3) is 5.32. The maximum Gasteiger partial charge on any atom is 0.274 e. The topological polar surface area (TPSA) is 82.5 Å². The van der Waals surface area contributed by atoms with Crippen molar-refractivity contribution in [3.05, 3.63) is 86.1 Å². The number of benzene rings is 1. The highest BCUT2D eigenvalue weighted by Gasteiger charge is 2.39. The maximum absolute atomic E-state index is 13.3. The van der Waals surface area contributed by atoms with E-state index in [1.165, 1.54) is 29.7 Å². The number of nitrogens with zero attached hydrogens (tertiary/aromatic N) is 4. The van der Waals surface area contributed by atoms with Crippen LogP contribution in [-0.4, -0.2) is 52.6 Å². The molecule has 1 amide bonds. The molecule has 1 aliphatic heterocycles. The van der Waals surface area contributed by atoms with Crippen LogP contribution in [0.3, 0.4) is 0 Å². The van der Waals surface area contributed by atoms with E-state index in [4.69, 9.17) is 0 Å². The zero-order valence-corrected chi connectivity index (χ0v) is 26.7. The molecule has 2 aliphatic carbocycles. The fraction of sp³-hybridized carbons (Fsp3) is 0.400. The number of amides is 1. The molecule has 4 aromatic rings. The van der Waals surface area contributed by atoms with Gasteiger partial charge in [0.1, 0.15) is 11.5 Å². The number of aromatic nitrogens is 2. The average molecular weight is 609 g/mol. The second-order valence-electron chi connectivity index (χ2n) is 12.8. The Morgan fingerprint density at radius 1 is 1.02 bits per heavy atom. The molecule has 2 N–H and O–H groups in total. The van der Waals surface area contributed by atoms with Crippen molar-refractivity contribution in [1.29, 1.82) is 0 Å². The van der Waals surface area contributed by atoms with Crippen molar-refractivity contribution >= 4 is 40.1 Å². The number of piperazine rings is 1. The van der Waals surface area contributed by atoms with E-state index in [1.807, 2.05) is 49.6 Å². The van der Waals surface area contributed by atoms with Gasteiger partial charge in [-0.05, 0) is 98.9 Å². The Balaban J connectivity index is 1.08. The van der Waals surface area contributed by atoms with Crippen LogP contribution in [0, 0.1) is 6.92 Å². The summed E-state index contributed by atoms with van der Waals surface area (Å²) >= 11 is 1.67. The summed E-state index contributed by atoms with van der Waals surface area (Å²) in [5, 5.41) is 6.42. The second kappa shape index (κ2) is 11.5. The number of thiophene rings is 1. The van der Waals surface area contributed by atoms with Gasteiger partial charge in [0.15, 0.2) is 0 Å². The van der Waals surface area contributed by atoms with Crippen LogP contribution in [0.5, 0.6) is 0 Å². The standard InChI is InChI=1S/C35H40N6O2S/c1-21(2)40-12-14-41(15-13-40)26-10-11-32(36-19-26)37-30-17-25(20-39(4)35(30)43)27-6-5-7-29(22(27)3)38-34(42)31-18-28-23-8-9-24(16-23)33(28)44-31/h5-7,10-11,17-21,23-24H,8-9,12-16H2,1-4H3,(H,36,37)(H,38,42). The van der Waals surface area contributed by atoms with E-state index in [0.717, 1.165) is 59.1 Å². The molecule has 8 nitrogen and oxygen atoms in total. The van der Waals surface area contributed by atoms with Crippen molar-refractivity contribution < 1.29 is 4.79 Å². The quantitative estimate of drug-likeness (QED) is 0.243. The van der Waals surface area contributed by atoms with Gasteiger partial charge in [-0.15, -0.1) is 11.3 Å². The number of carbonyl (C=O) groups is 1. The molecule has 2 unspecified atom stereocenters. The molecule has 0 radical (unpaired) electrons. The van der Waals surface area contributed by atoms with Crippen LogP contribution in [-0.2, 0) is 7.05 Å². The Morgan fingerprint density at radius 2 is 1.82 bits per heavy atom. The Morgan fingerprint density at radius 3 is 2.55 bits per heavy atom. The minimum Gasteiger partial charge on any atom is -0.368 e. The molecule has 2 atom stereocenters. The van der Waals surface area contributed by atoms with Gasteiger partial charge in [0.25, 0.3) is 11.5 Å². The largest absolute Gasteiger partial charge is 0.368 e. The number of hydrogen-bond donors (Lipinski definition) is 2. The average Bonchev–Trinajstić information content (AvgIpc) is 3.76. The van der Waals surface area contributed by atoms with Gasteiger partial charge in [0.05, 0.1) is 16.8 Å². The summed E-state index contributed by atoms with van der Waals surface area (Å²) in [7, 11) is 1.76. The predicted octanol–water partition coefficient (Wildman–Crippen LogP) is 6.71. The van der Waals surface area contributed by atoms with Crippen molar-refractivity contribution in [1.82, 2.24) is 14.5 Å². The minimum atomic E-state index is -0.133. The van der Waals surface area contributed by atoms with E-state index in [9.17, 15) is 9.59 Å². The second-order valence-corrected chi connectivity index (χ2v) is 13.9. The Labute approximate surface area is 262 Å². The van der Waals surface area contributed by atoms with Crippen LogP contribution in [0.4, 0.5) is 22.9 Å². The third-order valence-electron chi connectivity index (χ3n) is 9.75. The van der Waals surface area contributed by atoms with E-state index >= 15 is 0 Å². The lowest BCUT2D eigenvalue weighted by Gasteiger charge is -2.38. The molecule has 0 spiro atoms. The first-order valence-corrected chi connectivity index (χ1v) is 16.5. The number of rotatable bonds is 7. The minimum absolute atomic E-state index is 0.0526. The molecule has 4 heterocycles. The maximum atomic E-state index is 13.3. The van der Waals surface area contributed by atoms with Crippen LogP contribution in [0.15, 0.2) is 59.7 Å². The van der Waals surface area contributed by atoms with Gasteiger partial charge < -0.3 is 20.1 Å². The molecular weight excluding hydrogens is 568 g/mol. The Hall–Kier alpha value is -3.95. The van der Waals surface area contributed by atoms with Gasteiger partial charge in [0.2, 0.25) is 0 Å². The van der Waals surface area contributed by atoms with Crippen LogP contribution in [0.2, 0.25) is 0 Å². The summed E-state index contributed by atoms with van der Waals surface area (Å²) in [5.74, 6) is 1.86. The highest BCUT2D eigenvalue weighted by molar-refractivity contribution is 7.14. The number of hydrogen-bond acceptors (Lipinski definition) is 7. The normalized spacial score (nSPS) is 19.4. The molecule has 1 saturated carbocycles. The van der Waals surface area contributed by atoms with Gasteiger partial charge in [-0.2, -0.15) is 0 Å². The SMILES string of the molecule is Cc1c(NC(=O)c2cc3c(s2)C2CCC3C2)cccc1-c1cc(Nc2ccc(N3CCN(C(C)C)CC3)cn2)c(=O)n(C)c1. The number of carbonyl (C=O) groups excluding carboxylic acids is 1. The summed E-state index contributed by atoms with van der Waals surface area (Å²) in [6.07, 6.45) is 7.50. The Bertz CT molecular complexity index is 1740. The van der Waals surface area contributed by atoms with Gasteiger partial charge in [-0.25, -0.2) is 4.98 Å². The first kappa shape index (κ1) is 28.8. The molecule has 3 aliphatic rings. The number of anilines is 4. The summed E-state index contributed by atoms with van der Waals surface area (Å²) in [6.45, 7) is 10.5. The number of pyridine rings is 2. The number of aryl methyl sites for hydroxylation is 1. The summed E-state index contributed by atoms with van der Waals surface area (Å²) in [6, 6.07) is 14.5. The van der Waals surface area contributed by atoms with Crippen LogP contribution >= 0.6 is 11.3 Å². The van der Waals surface area contributed by atoms with Gasteiger partial charge in [0, 0.05) is 61.6 Å². The highest BCUT2D eigenvalue weighted by Crippen LogP contribution is 2.56. The Kier molecular flexibility index (Phi) is 7.54. The first-order valence-electron chi connectivity index (χ1n) is 15.7. The zero-order chi connectivity index (χ0) is 30.5. The molecule has 7 rings (SSSR count). The lowest BCUT2D eigenvalue weighted by molar-refractivity contribution is 0.103.